The molecule has 3 rings (SSSR count). The highest BCUT2D eigenvalue weighted by atomic mass is 32.1. The Bertz CT molecular complexity index is 637. The van der Waals surface area contributed by atoms with Crippen LogP contribution in [0.15, 0.2) is 41.8 Å². The van der Waals surface area contributed by atoms with Crippen LogP contribution in [0.4, 0.5) is 5.69 Å². The predicted molar refractivity (Wildman–Crippen MR) is 95.5 cm³/mol. The maximum Gasteiger partial charge on any atom is 0.225 e. The lowest BCUT2D eigenvalue weighted by molar-refractivity contribution is -0.120. The van der Waals surface area contributed by atoms with E-state index in [1.807, 2.05) is 41.8 Å². The third-order valence-electron chi connectivity index (χ3n) is 4.06. The SMILES string of the molecule is O=C(Cc1cccs1)NCC(O)c1ccc(N2CCOCC2)cc1. The molecule has 2 N–H and O–H groups in total. The normalized spacial score (nSPS) is 16.0. The molecule has 5 nitrogen and oxygen atoms in total. The van der Waals surface area contributed by atoms with E-state index in [-0.39, 0.29) is 12.5 Å². The number of hydrogen-bond donors (Lipinski definition) is 2. The quantitative estimate of drug-likeness (QED) is 0.840. The molecule has 0 bridgehead atoms. The maximum atomic E-state index is 11.9. The number of benzene rings is 1. The summed E-state index contributed by atoms with van der Waals surface area (Å²) in [6.07, 6.45) is -0.337. The van der Waals surface area contributed by atoms with Crippen molar-refractivity contribution in [3.05, 3.63) is 52.2 Å². The van der Waals surface area contributed by atoms with Crippen molar-refractivity contribution in [2.75, 3.05) is 37.7 Å². The van der Waals surface area contributed by atoms with E-state index in [2.05, 4.69) is 10.2 Å². The Labute approximate surface area is 145 Å². The lowest BCUT2D eigenvalue weighted by Crippen LogP contribution is -2.36. The van der Waals surface area contributed by atoms with Gasteiger partial charge in [0, 0.05) is 30.2 Å². The van der Waals surface area contributed by atoms with Gasteiger partial charge in [-0.15, -0.1) is 11.3 Å². The molecule has 0 radical (unpaired) electrons. The van der Waals surface area contributed by atoms with E-state index in [1.54, 1.807) is 11.3 Å². The van der Waals surface area contributed by atoms with E-state index < -0.39 is 6.10 Å². The minimum atomic E-state index is -0.698. The minimum Gasteiger partial charge on any atom is -0.387 e. The summed E-state index contributed by atoms with van der Waals surface area (Å²) >= 11 is 1.56. The number of hydrogen-bond acceptors (Lipinski definition) is 5. The Morgan fingerprint density at radius 3 is 2.67 bits per heavy atom. The van der Waals surface area contributed by atoms with Crippen molar-refractivity contribution in [3.8, 4) is 0 Å². The molecule has 1 aliphatic heterocycles. The Morgan fingerprint density at radius 1 is 1.25 bits per heavy atom. The molecule has 1 unspecified atom stereocenters. The van der Waals surface area contributed by atoms with E-state index in [9.17, 15) is 9.90 Å². The number of aliphatic hydroxyl groups excluding tert-OH is 1. The number of ether oxygens (including phenoxy) is 1. The smallest absolute Gasteiger partial charge is 0.225 e. The molecule has 0 saturated carbocycles. The van der Waals surface area contributed by atoms with E-state index in [0.29, 0.717) is 6.42 Å². The highest BCUT2D eigenvalue weighted by Crippen LogP contribution is 2.20. The third-order valence-corrected chi connectivity index (χ3v) is 4.94. The van der Waals surface area contributed by atoms with Crippen molar-refractivity contribution >= 4 is 22.9 Å². The Morgan fingerprint density at radius 2 is 2.00 bits per heavy atom. The zero-order valence-corrected chi connectivity index (χ0v) is 14.3. The maximum absolute atomic E-state index is 11.9. The fourth-order valence-corrected chi connectivity index (χ4v) is 3.39. The van der Waals surface area contributed by atoms with Crippen molar-refractivity contribution in [2.24, 2.45) is 0 Å². The number of anilines is 1. The first-order valence-corrected chi connectivity index (χ1v) is 9.00. The van der Waals surface area contributed by atoms with Gasteiger partial charge in [0.1, 0.15) is 0 Å². The molecule has 128 valence electrons. The van der Waals surface area contributed by atoms with Crippen LogP contribution in [-0.4, -0.2) is 43.9 Å². The average Bonchev–Trinajstić information content (AvgIpc) is 3.13. The van der Waals surface area contributed by atoms with Crippen LogP contribution in [0.2, 0.25) is 0 Å². The molecule has 1 atom stereocenters. The Balaban J connectivity index is 1.49. The molecule has 6 heteroatoms. The van der Waals surface area contributed by atoms with Crippen LogP contribution in [0, 0.1) is 0 Å². The van der Waals surface area contributed by atoms with Gasteiger partial charge in [-0.05, 0) is 29.1 Å². The monoisotopic (exact) mass is 346 g/mol. The van der Waals surface area contributed by atoms with Gasteiger partial charge in [-0.3, -0.25) is 4.79 Å². The lowest BCUT2D eigenvalue weighted by Gasteiger charge is -2.29. The molecule has 2 heterocycles. The third kappa shape index (κ3) is 4.56. The molecule has 1 saturated heterocycles. The second-order valence-corrected chi connectivity index (χ2v) is 6.80. The first-order chi connectivity index (χ1) is 11.7. The average molecular weight is 346 g/mol. The van der Waals surface area contributed by atoms with Gasteiger partial charge in [0.25, 0.3) is 0 Å². The van der Waals surface area contributed by atoms with Gasteiger partial charge >= 0.3 is 0 Å². The summed E-state index contributed by atoms with van der Waals surface area (Å²) in [4.78, 5) is 15.2. The van der Waals surface area contributed by atoms with Crippen LogP contribution in [0.3, 0.4) is 0 Å². The first-order valence-electron chi connectivity index (χ1n) is 8.12. The fraction of sp³-hybridized carbons (Fsp3) is 0.389. The van der Waals surface area contributed by atoms with E-state index in [4.69, 9.17) is 4.74 Å². The summed E-state index contributed by atoms with van der Waals surface area (Å²) in [5.74, 6) is -0.0681. The van der Waals surface area contributed by atoms with Gasteiger partial charge in [0.05, 0.1) is 25.7 Å². The zero-order chi connectivity index (χ0) is 16.8. The van der Waals surface area contributed by atoms with Gasteiger partial charge < -0.3 is 20.1 Å². The van der Waals surface area contributed by atoms with Gasteiger partial charge in [-0.2, -0.15) is 0 Å². The number of carbonyl (C=O) groups excluding carboxylic acids is 1. The highest BCUT2D eigenvalue weighted by Gasteiger charge is 2.13. The van der Waals surface area contributed by atoms with Crippen molar-refractivity contribution in [1.82, 2.24) is 5.32 Å². The highest BCUT2D eigenvalue weighted by molar-refractivity contribution is 7.10. The molecule has 1 aromatic heterocycles. The summed E-state index contributed by atoms with van der Waals surface area (Å²) in [5, 5.41) is 15.0. The van der Waals surface area contributed by atoms with Crippen LogP contribution >= 0.6 is 11.3 Å². The topological polar surface area (TPSA) is 61.8 Å². The molecular formula is C18H22N2O3S. The molecule has 1 aromatic carbocycles. The van der Waals surface area contributed by atoms with Gasteiger partial charge in [0.15, 0.2) is 0 Å². The van der Waals surface area contributed by atoms with Crippen molar-refractivity contribution < 1.29 is 14.6 Å². The summed E-state index contributed by atoms with van der Waals surface area (Å²) < 4.78 is 5.35. The van der Waals surface area contributed by atoms with Crippen molar-refractivity contribution in [3.63, 3.8) is 0 Å². The molecule has 1 fully saturated rings. The molecule has 0 aliphatic carbocycles. The number of rotatable bonds is 6. The number of amides is 1. The standard InChI is InChI=1S/C18H22N2O3S/c21-17(13-19-18(22)12-16-2-1-11-24-16)14-3-5-15(6-4-14)20-7-9-23-10-8-20/h1-6,11,17,21H,7-10,12-13H2,(H,19,22). The van der Waals surface area contributed by atoms with Crippen LogP contribution in [0.5, 0.6) is 0 Å². The second-order valence-electron chi connectivity index (χ2n) is 5.77. The van der Waals surface area contributed by atoms with Crippen LogP contribution < -0.4 is 10.2 Å². The van der Waals surface area contributed by atoms with E-state index in [0.717, 1.165) is 42.4 Å². The van der Waals surface area contributed by atoms with Crippen LogP contribution in [-0.2, 0) is 16.0 Å². The first kappa shape index (κ1) is 17.0. The number of nitrogens with zero attached hydrogens (tertiary/aromatic N) is 1. The molecule has 1 aliphatic rings. The minimum absolute atomic E-state index is 0.0681. The van der Waals surface area contributed by atoms with Crippen molar-refractivity contribution in [2.45, 2.75) is 12.5 Å². The molecule has 24 heavy (non-hydrogen) atoms. The van der Waals surface area contributed by atoms with Crippen LogP contribution in [0.1, 0.15) is 16.5 Å². The van der Waals surface area contributed by atoms with Gasteiger partial charge in [0.2, 0.25) is 5.91 Å². The largest absolute Gasteiger partial charge is 0.387 e. The number of carbonyl (C=O) groups is 1. The summed E-state index contributed by atoms with van der Waals surface area (Å²) in [6.45, 7) is 3.50. The summed E-state index contributed by atoms with van der Waals surface area (Å²) in [7, 11) is 0. The number of aliphatic hydroxyl groups is 1. The number of nitrogens with one attached hydrogen (secondary N) is 1. The fourth-order valence-electron chi connectivity index (χ4n) is 2.69. The Hall–Kier alpha value is -1.89. The number of morpholine rings is 1. The van der Waals surface area contributed by atoms with Gasteiger partial charge in [-0.1, -0.05) is 18.2 Å². The molecule has 2 aromatic rings. The molecule has 1 amide bonds. The van der Waals surface area contributed by atoms with Gasteiger partial charge in [-0.25, -0.2) is 0 Å². The molecule has 0 spiro atoms. The van der Waals surface area contributed by atoms with E-state index >= 15 is 0 Å². The van der Waals surface area contributed by atoms with Crippen LogP contribution in [0.25, 0.3) is 0 Å². The summed E-state index contributed by atoms with van der Waals surface area (Å²) in [5.41, 5.74) is 1.94. The molecular weight excluding hydrogens is 324 g/mol. The zero-order valence-electron chi connectivity index (χ0n) is 13.5. The number of thiophene rings is 1. The Kier molecular flexibility index (Phi) is 5.85. The lowest BCUT2D eigenvalue weighted by atomic mass is 10.1. The summed E-state index contributed by atoms with van der Waals surface area (Å²) in [6, 6.07) is 11.7. The van der Waals surface area contributed by atoms with Crippen molar-refractivity contribution in [1.29, 1.82) is 0 Å². The predicted octanol–water partition coefficient (Wildman–Crippen LogP) is 1.98. The second kappa shape index (κ2) is 8.28. The van der Waals surface area contributed by atoms with E-state index in [1.165, 1.54) is 0 Å².